The van der Waals surface area contributed by atoms with Crippen LogP contribution < -0.4 is 9.47 Å². The highest BCUT2D eigenvalue weighted by atomic mass is 35.5. The third-order valence-electron chi connectivity index (χ3n) is 8.65. The molecule has 0 bridgehead atoms. The number of esters is 4. The van der Waals surface area contributed by atoms with E-state index >= 15 is 0 Å². The van der Waals surface area contributed by atoms with Crippen molar-refractivity contribution in [1.29, 1.82) is 0 Å². The molecule has 0 spiro atoms. The molecule has 2 fully saturated rings. The molecule has 46 heavy (non-hydrogen) atoms. The van der Waals surface area contributed by atoms with E-state index in [-0.39, 0.29) is 54.2 Å². The van der Waals surface area contributed by atoms with Gasteiger partial charge in [-0.3, -0.25) is 0 Å². The molecular formula is C32H32Cl6O8. The Morgan fingerprint density at radius 3 is 1.26 bits per heavy atom. The topological polar surface area (TPSA) is 105 Å². The van der Waals surface area contributed by atoms with Crippen LogP contribution in [0.2, 0.25) is 30.1 Å². The van der Waals surface area contributed by atoms with E-state index in [2.05, 4.69) is 13.8 Å². The Hall–Kier alpha value is -1.94. The predicted molar refractivity (Wildman–Crippen MR) is 177 cm³/mol. The molecular weight excluding hydrogens is 725 g/mol. The Morgan fingerprint density at radius 1 is 0.609 bits per heavy atom. The lowest BCUT2D eigenvalue weighted by atomic mass is 9.68. The molecule has 0 N–H and O–H groups in total. The summed E-state index contributed by atoms with van der Waals surface area (Å²) in [6.07, 6.45) is 9.73. The summed E-state index contributed by atoms with van der Waals surface area (Å²) in [7, 11) is 0. The van der Waals surface area contributed by atoms with E-state index < -0.39 is 46.5 Å². The second-order valence-corrected chi connectivity index (χ2v) is 14.7. The van der Waals surface area contributed by atoms with Gasteiger partial charge < -0.3 is 18.9 Å². The van der Waals surface area contributed by atoms with Gasteiger partial charge in [0.25, 0.3) is 0 Å². The molecule has 0 amide bonds. The van der Waals surface area contributed by atoms with Gasteiger partial charge in [-0.2, -0.15) is 0 Å². The number of ether oxygens (including phenoxy) is 4. The highest BCUT2D eigenvalue weighted by molar-refractivity contribution is 6.47. The summed E-state index contributed by atoms with van der Waals surface area (Å²) in [5, 5.41) is -1.45. The van der Waals surface area contributed by atoms with E-state index in [0.29, 0.717) is 12.8 Å². The third-order valence-corrected chi connectivity index (χ3v) is 10.8. The van der Waals surface area contributed by atoms with Gasteiger partial charge in [-0.05, 0) is 74.3 Å². The standard InChI is InChI=1S/C32H32Cl6O8/c1-31(7-3-8-31)11-5-13-43-27(39)21-23(37)17(33)15-19(35)25(21)45-29(41)30(42)46-26-20(36)16-18(34)24(38)22(26)28(40)44-14-6-12-32(2)9-4-10-32/h15-16H,3-14H2,1-2H3. The Balaban J connectivity index is 1.47. The number of hydrogen-bond donors (Lipinski definition) is 0. The molecule has 2 aromatic carbocycles. The number of hydrogen-bond acceptors (Lipinski definition) is 8. The van der Waals surface area contributed by atoms with Crippen molar-refractivity contribution in [2.24, 2.45) is 10.8 Å². The first-order valence-electron chi connectivity index (χ1n) is 14.8. The number of halogens is 6. The average Bonchev–Trinajstić information content (AvgIpc) is 2.97. The van der Waals surface area contributed by atoms with E-state index in [1.165, 1.54) is 12.8 Å². The van der Waals surface area contributed by atoms with Crippen LogP contribution >= 0.6 is 69.6 Å². The van der Waals surface area contributed by atoms with Gasteiger partial charge >= 0.3 is 23.9 Å². The Bertz CT molecular complexity index is 1420. The minimum atomic E-state index is -1.64. The minimum Gasteiger partial charge on any atom is -0.462 e. The van der Waals surface area contributed by atoms with Crippen LogP contribution in [0.3, 0.4) is 0 Å². The summed E-state index contributed by atoms with van der Waals surface area (Å²) in [5.41, 5.74) is -0.455. The Kier molecular flexibility index (Phi) is 12.4. The maximum Gasteiger partial charge on any atom is 0.423 e. The van der Waals surface area contributed by atoms with Gasteiger partial charge in [-0.25, -0.2) is 19.2 Å². The monoisotopic (exact) mass is 754 g/mol. The molecule has 0 atom stereocenters. The highest BCUT2D eigenvalue weighted by Gasteiger charge is 2.34. The number of benzene rings is 2. The number of rotatable bonds is 12. The zero-order chi connectivity index (χ0) is 33.8. The molecule has 0 aromatic heterocycles. The molecule has 2 aliphatic rings. The normalized spacial score (nSPS) is 16.1. The van der Waals surface area contributed by atoms with Crippen LogP contribution in [0.4, 0.5) is 0 Å². The van der Waals surface area contributed by atoms with Crippen molar-refractivity contribution in [3.8, 4) is 11.5 Å². The average molecular weight is 757 g/mol. The summed E-state index contributed by atoms with van der Waals surface area (Å²) in [4.78, 5) is 51.9. The van der Waals surface area contributed by atoms with Crippen molar-refractivity contribution >= 4 is 93.5 Å². The van der Waals surface area contributed by atoms with Crippen LogP contribution in [0.1, 0.15) is 98.8 Å². The molecule has 0 saturated heterocycles. The molecule has 0 aliphatic heterocycles. The van der Waals surface area contributed by atoms with Crippen molar-refractivity contribution in [3.05, 3.63) is 53.4 Å². The fourth-order valence-electron chi connectivity index (χ4n) is 5.52. The summed E-state index contributed by atoms with van der Waals surface area (Å²) in [6.45, 7) is 4.49. The van der Waals surface area contributed by atoms with Gasteiger partial charge in [0.1, 0.15) is 11.1 Å². The Morgan fingerprint density at radius 2 is 0.957 bits per heavy atom. The summed E-state index contributed by atoms with van der Waals surface area (Å²) >= 11 is 37.3. The zero-order valence-corrected chi connectivity index (χ0v) is 29.7. The van der Waals surface area contributed by atoms with Crippen LogP contribution in [0.5, 0.6) is 11.5 Å². The minimum absolute atomic E-state index is 0.0678. The zero-order valence-electron chi connectivity index (χ0n) is 25.2. The maximum atomic E-state index is 13.0. The first kappa shape index (κ1) is 36.9. The highest BCUT2D eigenvalue weighted by Crippen LogP contribution is 2.45. The van der Waals surface area contributed by atoms with Crippen molar-refractivity contribution < 1.29 is 38.1 Å². The SMILES string of the molecule is CC1(CCCOC(=O)c2c(Cl)c(Cl)cc(Cl)c2OC(=O)C(=O)Oc2c(Cl)cc(Cl)c(Cl)c2C(=O)OCCCC2(C)CCC2)CCC1. The molecule has 0 radical (unpaired) electrons. The molecule has 8 nitrogen and oxygen atoms in total. The van der Waals surface area contributed by atoms with Crippen LogP contribution in [0.15, 0.2) is 12.1 Å². The van der Waals surface area contributed by atoms with Crippen molar-refractivity contribution in [2.45, 2.75) is 78.1 Å². The Labute approximate surface area is 297 Å². The summed E-state index contributed by atoms with van der Waals surface area (Å²) in [6, 6.07) is 2.26. The quantitative estimate of drug-likeness (QED) is 0.0693. The largest absolute Gasteiger partial charge is 0.462 e. The van der Waals surface area contributed by atoms with Gasteiger partial charge in [0.15, 0.2) is 11.5 Å². The molecule has 2 aliphatic carbocycles. The molecule has 0 heterocycles. The smallest absolute Gasteiger partial charge is 0.423 e. The molecule has 2 saturated carbocycles. The fraction of sp³-hybridized carbons (Fsp3) is 0.500. The van der Waals surface area contributed by atoms with Gasteiger partial charge in [-0.15, -0.1) is 0 Å². The maximum absolute atomic E-state index is 13.0. The first-order valence-corrected chi connectivity index (χ1v) is 17.0. The molecule has 250 valence electrons. The second-order valence-electron chi connectivity index (χ2n) is 12.3. The lowest BCUT2D eigenvalue weighted by Crippen LogP contribution is -2.28. The lowest BCUT2D eigenvalue weighted by Gasteiger charge is -2.38. The van der Waals surface area contributed by atoms with Crippen molar-refractivity contribution in [1.82, 2.24) is 0 Å². The summed E-state index contributed by atoms with van der Waals surface area (Å²) in [5.74, 6) is -6.35. The lowest BCUT2D eigenvalue weighted by molar-refractivity contribution is -0.156. The second kappa shape index (κ2) is 15.5. The predicted octanol–water partition coefficient (Wildman–Crippen LogP) is 10.4. The fourth-order valence-corrected chi connectivity index (χ4v) is 6.96. The van der Waals surface area contributed by atoms with Crippen molar-refractivity contribution in [3.63, 3.8) is 0 Å². The first-order chi connectivity index (χ1) is 21.6. The van der Waals surface area contributed by atoms with E-state index in [1.807, 2.05) is 0 Å². The number of carbonyl (C=O) groups is 4. The van der Waals surface area contributed by atoms with E-state index in [4.69, 9.17) is 88.6 Å². The van der Waals surface area contributed by atoms with Crippen LogP contribution in [-0.4, -0.2) is 37.1 Å². The molecule has 0 unspecified atom stereocenters. The molecule has 4 rings (SSSR count). The van der Waals surface area contributed by atoms with Gasteiger partial charge in [0, 0.05) is 0 Å². The molecule has 2 aromatic rings. The van der Waals surface area contributed by atoms with Gasteiger partial charge in [-0.1, -0.05) is 96.3 Å². The van der Waals surface area contributed by atoms with Gasteiger partial charge in [0.2, 0.25) is 0 Å². The van der Waals surface area contributed by atoms with Crippen LogP contribution in [0, 0.1) is 10.8 Å². The van der Waals surface area contributed by atoms with E-state index in [9.17, 15) is 19.2 Å². The van der Waals surface area contributed by atoms with Crippen molar-refractivity contribution in [2.75, 3.05) is 13.2 Å². The van der Waals surface area contributed by atoms with E-state index in [1.54, 1.807) is 0 Å². The van der Waals surface area contributed by atoms with Gasteiger partial charge in [0.05, 0.1) is 43.3 Å². The van der Waals surface area contributed by atoms with Crippen LogP contribution in [0.25, 0.3) is 0 Å². The molecule has 14 heteroatoms. The third kappa shape index (κ3) is 8.74. The number of carbonyl (C=O) groups excluding carboxylic acids is 4. The summed E-state index contributed by atoms with van der Waals surface area (Å²) < 4.78 is 21.1. The van der Waals surface area contributed by atoms with Crippen LogP contribution in [-0.2, 0) is 19.1 Å². The van der Waals surface area contributed by atoms with E-state index in [0.717, 1.165) is 50.7 Å².